The van der Waals surface area contributed by atoms with Crippen LogP contribution in [0, 0.1) is 0 Å². The summed E-state index contributed by atoms with van der Waals surface area (Å²) in [5, 5.41) is 11.0. The van der Waals surface area contributed by atoms with E-state index in [0.717, 1.165) is 30.9 Å². The first kappa shape index (κ1) is 17.6. The molecule has 0 spiro atoms. The summed E-state index contributed by atoms with van der Waals surface area (Å²) in [5.41, 5.74) is 3.49. The number of phenols is 1. The summed E-state index contributed by atoms with van der Waals surface area (Å²) in [5.74, 6) is 0.206. The molecule has 1 N–H and O–H groups in total. The van der Waals surface area contributed by atoms with Gasteiger partial charge in [0.1, 0.15) is 10.8 Å². The minimum Gasteiger partial charge on any atom is -0.507 e. The number of halogens is 1. The Hall–Kier alpha value is -2.76. The predicted molar refractivity (Wildman–Crippen MR) is 118 cm³/mol. The molecule has 27 heavy (non-hydrogen) atoms. The zero-order valence-corrected chi connectivity index (χ0v) is 16.6. The summed E-state index contributed by atoms with van der Waals surface area (Å²) in [4.78, 5) is 9.08. The Morgan fingerprint density at radius 3 is 2.74 bits per heavy atom. The molecule has 0 saturated heterocycles. The molecule has 1 aromatic heterocycles. The number of aromatic nitrogens is 1. The van der Waals surface area contributed by atoms with Crippen LogP contribution in [-0.4, -0.2) is 16.3 Å². The number of hydrogen-bond donors (Lipinski definition) is 1. The number of nitrogens with zero attached hydrogens (tertiary/aromatic N) is 2. The third-order valence-corrected chi connectivity index (χ3v) is 5.51. The average molecular weight is 435 g/mol. The minimum absolute atomic E-state index is 0.206. The maximum absolute atomic E-state index is 10.3. The molecule has 0 atom stereocenters. The molecule has 5 heteroatoms. The molecule has 0 aliphatic heterocycles. The summed E-state index contributed by atoms with van der Waals surface area (Å²) >= 11 is 5.02. The topological polar surface area (TPSA) is 45.5 Å². The third-order valence-electron chi connectivity index (χ3n) is 3.95. The highest BCUT2D eigenvalue weighted by atomic mass is 79.9. The number of fused-ring (bicyclic) bond motifs is 1. The van der Waals surface area contributed by atoms with E-state index in [1.54, 1.807) is 29.7 Å². The Morgan fingerprint density at radius 2 is 1.89 bits per heavy atom. The number of aromatic hydroxyl groups is 1. The molecule has 0 aliphatic carbocycles. The van der Waals surface area contributed by atoms with Gasteiger partial charge in [-0.05, 0) is 54.1 Å². The summed E-state index contributed by atoms with van der Waals surface area (Å²) in [6, 6.07) is 21.3. The molecule has 1 heterocycles. The molecule has 0 bridgehead atoms. The van der Waals surface area contributed by atoms with E-state index in [2.05, 4.69) is 25.9 Å². The first-order valence-electron chi connectivity index (χ1n) is 8.34. The van der Waals surface area contributed by atoms with Gasteiger partial charge < -0.3 is 5.11 Å². The molecule has 0 aliphatic rings. The van der Waals surface area contributed by atoms with Gasteiger partial charge in [-0.1, -0.05) is 46.3 Å². The van der Waals surface area contributed by atoms with E-state index < -0.39 is 0 Å². The van der Waals surface area contributed by atoms with Gasteiger partial charge in [0.2, 0.25) is 0 Å². The number of allylic oxidation sites excluding steroid dienone is 1. The van der Waals surface area contributed by atoms with Crippen molar-refractivity contribution in [1.82, 2.24) is 4.98 Å². The summed E-state index contributed by atoms with van der Waals surface area (Å²) in [7, 11) is 0. The van der Waals surface area contributed by atoms with Crippen LogP contribution in [0.4, 0.5) is 5.69 Å². The van der Waals surface area contributed by atoms with Crippen LogP contribution in [0.1, 0.15) is 5.56 Å². The van der Waals surface area contributed by atoms with Crippen LogP contribution < -0.4 is 0 Å². The maximum Gasteiger partial charge on any atom is 0.128 e. The number of para-hydroxylation sites is 1. The fourth-order valence-corrected chi connectivity index (χ4v) is 4.06. The second kappa shape index (κ2) is 7.86. The summed E-state index contributed by atoms with van der Waals surface area (Å²) < 4.78 is 2.14. The lowest BCUT2D eigenvalue weighted by atomic mass is 10.2. The van der Waals surface area contributed by atoms with E-state index in [9.17, 15) is 5.11 Å². The van der Waals surface area contributed by atoms with E-state index >= 15 is 0 Å². The molecular formula is C22H15BrN2OS. The van der Waals surface area contributed by atoms with Crippen LogP contribution in [-0.2, 0) is 0 Å². The van der Waals surface area contributed by atoms with Gasteiger partial charge in [-0.15, -0.1) is 11.3 Å². The Kier molecular flexibility index (Phi) is 5.14. The number of benzene rings is 3. The van der Waals surface area contributed by atoms with E-state index in [1.807, 2.05) is 66.7 Å². The van der Waals surface area contributed by atoms with Gasteiger partial charge in [0.25, 0.3) is 0 Å². The van der Waals surface area contributed by atoms with Crippen LogP contribution in [0.3, 0.4) is 0 Å². The Bertz CT molecular complexity index is 1130. The molecule has 132 valence electrons. The summed E-state index contributed by atoms with van der Waals surface area (Å²) in [6.45, 7) is 0. The fraction of sp³-hybridized carbons (Fsp3) is 0. The van der Waals surface area contributed by atoms with Crippen molar-refractivity contribution in [2.75, 3.05) is 0 Å². The molecular weight excluding hydrogens is 420 g/mol. The van der Waals surface area contributed by atoms with Crippen molar-refractivity contribution in [3.05, 3.63) is 82.8 Å². The van der Waals surface area contributed by atoms with Crippen molar-refractivity contribution in [2.45, 2.75) is 0 Å². The van der Waals surface area contributed by atoms with E-state index in [1.165, 1.54) is 0 Å². The molecule has 0 amide bonds. The van der Waals surface area contributed by atoms with Crippen LogP contribution >= 0.6 is 27.3 Å². The van der Waals surface area contributed by atoms with Gasteiger partial charge >= 0.3 is 0 Å². The van der Waals surface area contributed by atoms with Crippen LogP contribution in [0.25, 0.3) is 26.9 Å². The van der Waals surface area contributed by atoms with Crippen molar-refractivity contribution in [3.8, 4) is 16.3 Å². The Morgan fingerprint density at radius 1 is 1.00 bits per heavy atom. The Balaban J connectivity index is 1.58. The quantitative estimate of drug-likeness (QED) is 0.357. The molecule has 4 aromatic rings. The van der Waals surface area contributed by atoms with Crippen molar-refractivity contribution in [1.29, 1.82) is 0 Å². The molecule has 3 nitrogen and oxygen atoms in total. The molecule has 0 saturated carbocycles. The zero-order chi connectivity index (χ0) is 18.6. The highest BCUT2D eigenvalue weighted by Gasteiger charge is 2.10. The SMILES string of the molecule is Oc1ccc(N=CC=Cc2cccc(Br)c2)cc1-c1nc2ccccc2s1. The largest absolute Gasteiger partial charge is 0.507 e. The van der Waals surface area contributed by atoms with E-state index in [0.29, 0.717) is 5.56 Å². The summed E-state index contributed by atoms with van der Waals surface area (Å²) in [6.07, 6.45) is 5.63. The number of hydrogen-bond acceptors (Lipinski definition) is 4. The van der Waals surface area contributed by atoms with Gasteiger partial charge in [-0.2, -0.15) is 0 Å². The first-order valence-corrected chi connectivity index (χ1v) is 9.95. The number of aliphatic imine (C=N–C) groups is 1. The monoisotopic (exact) mass is 434 g/mol. The van der Waals surface area contributed by atoms with E-state index in [4.69, 9.17) is 0 Å². The minimum atomic E-state index is 0.206. The normalized spacial score (nSPS) is 11.7. The second-order valence-corrected chi connectivity index (χ2v) is 7.83. The number of thiazole rings is 1. The standard InChI is InChI=1S/C22H15BrN2OS/c23-16-7-3-5-15(13-16)6-4-12-24-17-10-11-20(26)18(14-17)22-25-19-8-1-2-9-21(19)27-22/h1-14,26H. The lowest BCUT2D eigenvalue weighted by Gasteiger charge is -2.02. The van der Waals surface area contributed by atoms with Gasteiger partial charge in [-0.25, -0.2) is 4.98 Å². The van der Waals surface area contributed by atoms with Crippen molar-refractivity contribution >= 4 is 55.5 Å². The lowest BCUT2D eigenvalue weighted by molar-refractivity contribution is 0.477. The van der Waals surface area contributed by atoms with Gasteiger partial charge in [0.05, 0.1) is 21.5 Å². The zero-order valence-electron chi connectivity index (χ0n) is 14.2. The number of rotatable bonds is 4. The molecule has 0 fully saturated rings. The smallest absolute Gasteiger partial charge is 0.128 e. The maximum atomic E-state index is 10.3. The van der Waals surface area contributed by atoms with Gasteiger partial charge in [0, 0.05) is 10.7 Å². The fourth-order valence-electron chi connectivity index (χ4n) is 2.66. The molecule has 0 radical (unpaired) electrons. The van der Waals surface area contributed by atoms with Crippen LogP contribution in [0.5, 0.6) is 5.75 Å². The predicted octanol–water partition coefficient (Wildman–Crippen LogP) is 6.85. The molecule has 3 aromatic carbocycles. The van der Waals surface area contributed by atoms with Gasteiger partial charge in [0.15, 0.2) is 0 Å². The first-order chi connectivity index (χ1) is 13.2. The molecule has 4 rings (SSSR count). The molecule has 0 unspecified atom stereocenters. The van der Waals surface area contributed by atoms with Crippen molar-refractivity contribution in [3.63, 3.8) is 0 Å². The lowest BCUT2D eigenvalue weighted by Crippen LogP contribution is -1.78. The highest BCUT2D eigenvalue weighted by Crippen LogP contribution is 2.37. The van der Waals surface area contributed by atoms with E-state index in [-0.39, 0.29) is 5.75 Å². The van der Waals surface area contributed by atoms with Crippen molar-refractivity contribution in [2.24, 2.45) is 4.99 Å². The van der Waals surface area contributed by atoms with Crippen molar-refractivity contribution < 1.29 is 5.11 Å². The van der Waals surface area contributed by atoms with Crippen LogP contribution in [0.2, 0.25) is 0 Å². The average Bonchev–Trinajstić information content (AvgIpc) is 3.10. The van der Waals surface area contributed by atoms with Gasteiger partial charge in [-0.3, -0.25) is 4.99 Å². The third kappa shape index (κ3) is 4.15. The van der Waals surface area contributed by atoms with Crippen LogP contribution in [0.15, 0.2) is 82.3 Å². The Labute approximate surface area is 169 Å². The second-order valence-electron chi connectivity index (χ2n) is 5.88. The number of phenolic OH excluding ortho intramolecular Hbond substituents is 1. The highest BCUT2D eigenvalue weighted by molar-refractivity contribution is 9.10.